The second-order valence-corrected chi connectivity index (χ2v) is 4.02. The lowest BCUT2D eigenvalue weighted by Crippen LogP contribution is -2.21. The van der Waals surface area contributed by atoms with Crippen molar-refractivity contribution in [3.63, 3.8) is 0 Å². The van der Waals surface area contributed by atoms with Crippen LogP contribution in [0, 0.1) is 6.54 Å². The second-order valence-electron chi connectivity index (χ2n) is 4.02. The Labute approximate surface area is 112 Å². The maximum atomic E-state index is 11.5. The zero-order valence-electron chi connectivity index (χ0n) is 10.4. The van der Waals surface area contributed by atoms with E-state index in [9.17, 15) is 4.79 Å². The minimum absolute atomic E-state index is 0.217. The molecule has 0 unspecified atom stereocenters. The first-order chi connectivity index (χ1) is 9.24. The van der Waals surface area contributed by atoms with Gasteiger partial charge >= 0.3 is 6.09 Å². The van der Waals surface area contributed by atoms with Crippen molar-refractivity contribution in [2.75, 3.05) is 5.73 Å². The molecule has 0 spiro atoms. The van der Waals surface area contributed by atoms with Gasteiger partial charge in [0.2, 0.25) is 0 Å². The van der Waals surface area contributed by atoms with Crippen LogP contribution >= 0.6 is 0 Å². The molecule has 0 heterocycles. The van der Waals surface area contributed by atoms with E-state index in [1.54, 1.807) is 18.7 Å². The third kappa shape index (κ3) is 4.35. The summed E-state index contributed by atoms with van der Waals surface area (Å²) < 4.78 is 5.07. The highest BCUT2D eigenvalue weighted by molar-refractivity contribution is 5.68. The summed E-state index contributed by atoms with van der Waals surface area (Å²) in [6, 6.07) is 16.7. The lowest BCUT2D eigenvalue weighted by molar-refractivity contribution is 0.142. The fourth-order valence-electron chi connectivity index (χ4n) is 1.50. The highest BCUT2D eigenvalue weighted by Crippen LogP contribution is 2.07. The molecule has 1 radical (unpaired) electrons. The zero-order valence-corrected chi connectivity index (χ0v) is 10.4. The van der Waals surface area contributed by atoms with Gasteiger partial charge in [0.15, 0.2) is 0 Å². The van der Waals surface area contributed by atoms with E-state index in [4.69, 9.17) is 10.5 Å². The Morgan fingerprint density at radius 1 is 1.11 bits per heavy atom. The van der Waals surface area contributed by atoms with E-state index < -0.39 is 6.09 Å². The molecule has 4 nitrogen and oxygen atoms in total. The van der Waals surface area contributed by atoms with Gasteiger partial charge in [-0.05, 0) is 23.3 Å². The molecular weight excluding hydrogens is 240 g/mol. The average Bonchev–Trinajstić information content (AvgIpc) is 2.45. The van der Waals surface area contributed by atoms with Gasteiger partial charge in [-0.1, -0.05) is 42.5 Å². The predicted octanol–water partition coefficient (Wildman–Crippen LogP) is 2.71. The maximum absolute atomic E-state index is 11.5. The largest absolute Gasteiger partial charge is 0.445 e. The van der Waals surface area contributed by atoms with Crippen molar-refractivity contribution in [1.29, 1.82) is 0 Å². The highest BCUT2D eigenvalue weighted by Gasteiger charge is 2.02. The van der Waals surface area contributed by atoms with Crippen LogP contribution in [-0.4, -0.2) is 6.09 Å². The summed E-state index contributed by atoms with van der Waals surface area (Å²) in [4.78, 5) is 11.5. The van der Waals surface area contributed by atoms with Crippen molar-refractivity contribution >= 4 is 11.8 Å². The number of amides is 1. The lowest BCUT2D eigenvalue weighted by atomic mass is 10.2. The number of nitrogens with one attached hydrogen (secondary N) is 1. The van der Waals surface area contributed by atoms with Gasteiger partial charge in [-0.15, -0.1) is 0 Å². The molecule has 0 aliphatic heterocycles. The molecule has 4 heteroatoms. The summed E-state index contributed by atoms with van der Waals surface area (Å²) in [5.41, 5.74) is 8.06. The summed E-state index contributed by atoms with van der Waals surface area (Å²) >= 11 is 0. The Bertz CT molecular complexity index is 524. The zero-order chi connectivity index (χ0) is 13.5. The van der Waals surface area contributed by atoms with E-state index in [0.717, 1.165) is 11.1 Å². The minimum atomic E-state index is -0.485. The lowest BCUT2D eigenvalue weighted by Gasteiger charge is -2.07. The summed E-state index contributed by atoms with van der Waals surface area (Å²) in [6.45, 7) is 1.82. The first kappa shape index (κ1) is 13.0. The predicted molar refractivity (Wildman–Crippen MR) is 74.0 cm³/mol. The van der Waals surface area contributed by atoms with Crippen molar-refractivity contribution in [3.05, 3.63) is 72.3 Å². The number of hydrogen-bond acceptors (Lipinski definition) is 3. The average molecular weight is 255 g/mol. The number of nitrogens with two attached hydrogens (primary N) is 1. The Balaban J connectivity index is 1.74. The van der Waals surface area contributed by atoms with Crippen molar-refractivity contribution in [2.45, 2.75) is 6.61 Å². The molecule has 2 rings (SSSR count). The summed E-state index contributed by atoms with van der Waals surface area (Å²) in [7, 11) is 0. The number of hydrogen-bond donors (Lipinski definition) is 2. The first-order valence-electron chi connectivity index (χ1n) is 5.90. The molecule has 1 amide bonds. The minimum Gasteiger partial charge on any atom is -0.445 e. The number of ether oxygens (including phenoxy) is 1. The highest BCUT2D eigenvalue weighted by atomic mass is 16.5. The summed E-state index contributed by atoms with van der Waals surface area (Å²) in [5.74, 6) is 0. The smallest absolute Gasteiger partial charge is 0.408 e. The summed E-state index contributed by atoms with van der Waals surface area (Å²) in [5, 5.41) is 2.57. The van der Waals surface area contributed by atoms with Crippen LogP contribution in [0.1, 0.15) is 11.1 Å². The number of anilines is 1. The van der Waals surface area contributed by atoms with Gasteiger partial charge < -0.3 is 15.8 Å². The molecule has 3 N–H and O–H groups in total. The molecule has 2 aromatic rings. The van der Waals surface area contributed by atoms with Crippen LogP contribution in [0.2, 0.25) is 0 Å². The molecule has 0 aliphatic rings. The Kier molecular flexibility index (Phi) is 4.39. The van der Waals surface area contributed by atoms with E-state index in [-0.39, 0.29) is 6.61 Å². The number of carbonyl (C=O) groups excluding carboxylic acids is 1. The molecule has 0 saturated carbocycles. The van der Waals surface area contributed by atoms with Crippen LogP contribution < -0.4 is 11.1 Å². The van der Waals surface area contributed by atoms with Crippen molar-refractivity contribution in [1.82, 2.24) is 5.32 Å². The van der Waals surface area contributed by atoms with E-state index >= 15 is 0 Å². The standard InChI is InChI=1S/C15H15N2O2/c16-14-8-6-13(7-9-14)11-19-15(18)17-10-12-4-2-1-3-5-12/h1-10H,11,16H2,(H,17,18). The van der Waals surface area contributed by atoms with Gasteiger partial charge in [0, 0.05) is 5.69 Å². The summed E-state index contributed by atoms with van der Waals surface area (Å²) in [6.07, 6.45) is -0.485. The topological polar surface area (TPSA) is 64.3 Å². The maximum Gasteiger partial charge on any atom is 0.408 e. The molecule has 0 bridgehead atoms. The van der Waals surface area contributed by atoms with E-state index in [1.807, 2.05) is 42.5 Å². The normalized spacial score (nSPS) is 9.89. The molecule has 97 valence electrons. The van der Waals surface area contributed by atoms with Gasteiger partial charge in [0.25, 0.3) is 0 Å². The van der Waals surface area contributed by atoms with Crippen LogP contribution in [0.3, 0.4) is 0 Å². The molecule has 0 aliphatic carbocycles. The molecule has 0 aromatic heterocycles. The Hall–Kier alpha value is -2.49. The number of nitrogen functional groups attached to an aromatic ring is 1. The van der Waals surface area contributed by atoms with Crippen molar-refractivity contribution in [2.24, 2.45) is 0 Å². The molecule has 0 fully saturated rings. The molecule has 2 aromatic carbocycles. The van der Waals surface area contributed by atoms with Crippen LogP contribution in [0.25, 0.3) is 0 Å². The molecular formula is C15H15N2O2. The van der Waals surface area contributed by atoms with E-state index in [0.29, 0.717) is 5.69 Å². The Morgan fingerprint density at radius 2 is 1.79 bits per heavy atom. The fraction of sp³-hybridized carbons (Fsp3) is 0.0667. The number of alkyl carbamates (subject to hydrolysis) is 1. The van der Waals surface area contributed by atoms with Crippen LogP contribution in [0.5, 0.6) is 0 Å². The van der Waals surface area contributed by atoms with Crippen molar-refractivity contribution in [3.8, 4) is 0 Å². The molecule has 19 heavy (non-hydrogen) atoms. The monoisotopic (exact) mass is 255 g/mol. The SMILES string of the molecule is Nc1ccc(COC(=O)N[CH]c2ccccc2)cc1. The first-order valence-corrected chi connectivity index (χ1v) is 5.90. The third-order valence-corrected chi connectivity index (χ3v) is 2.51. The van der Waals surface area contributed by atoms with Crippen LogP contribution in [0.4, 0.5) is 10.5 Å². The van der Waals surface area contributed by atoms with Gasteiger partial charge in [-0.3, -0.25) is 0 Å². The van der Waals surface area contributed by atoms with Gasteiger partial charge in [-0.2, -0.15) is 0 Å². The van der Waals surface area contributed by atoms with E-state index in [2.05, 4.69) is 5.32 Å². The number of carbonyl (C=O) groups is 1. The quantitative estimate of drug-likeness (QED) is 0.825. The van der Waals surface area contributed by atoms with Crippen LogP contribution in [0.15, 0.2) is 54.6 Å². The third-order valence-electron chi connectivity index (χ3n) is 2.51. The second kappa shape index (κ2) is 6.44. The van der Waals surface area contributed by atoms with E-state index in [1.165, 1.54) is 0 Å². The van der Waals surface area contributed by atoms with Gasteiger partial charge in [0.05, 0.1) is 6.54 Å². The number of benzene rings is 2. The van der Waals surface area contributed by atoms with Crippen LogP contribution in [-0.2, 0) is 11.3 Å². The number of rotatable bonds is 4. The molecule has 0 atom stereocenters. The van der Waals surface area contributed by atoms with Gasteiger partial charge in [-0.25, -0.2) is 4.79 Å². The van der Waals surface area contributed by atoms with Gasteiger partial charge in [0.1, 0.15) is 6.61 Å². The molecule has 0 saturated heterocycles. The fourth-order valence-corrected chi connectivity index (χ4v) is 1.50. The van der Waals surface area contributed by atoms with Crippen molar-refractivity contribution < 1.29 is 9.53 Å². The Morgan fingerprint density at radius 3 is 2.47 bits per heavy atom.